The van der Waals surface area contributed by atoms with E-state index < -0.39 is 0 Å². The fourth-order valence-electron chi connectivity index (χ4n) is 3.63. The van der Waals surface area contributed by atoms with Crippen molar-refractivity contribution < 1.29 is 0 Å². The van der Waals surface area contributed by atoms with Gasteiger partial charge in [0.2, 0.25) is 0 Å². The first-order valence-corrected chi connectivity index (χ1v) is 9.57. The molecule has 1 aliphatic carbocycles. The summed E-state index contributed by atoms with van der Waals surface area (Å²) >= 11 is 12.2. The third-order valence-electron chi connectivity index (χ3n) is 5.11. The SMILES string of the molecule is CC(NC(N)=NC1CC(N2CCCCC2)C1)c1ccc(Cl)cc1Cl. The quantitative estimate of drug-likeness (QED) is 0.624. The van der Waals surface area contributed by atoms with Crippen LogP contribution in [0.2, 0.25) is 10.0 Å². The van der Waals surface area contributed by atoms with Crippen molar-refractivity contribution in [3.05, 3.63) is 33.8 Å². The van der Waals surface area contributed by atoms with E-state index in [2.05, 4.69) is 15.2 Å². The van der Waals surface area contributed by atoms with Crippen LogP contribution in [0.3, 0.4) is 0 Å². The smallest absolute Gasteiger partial charge is 0.189 e. The molecular formula is C18H26Cl2N4. The van der Waals surface area contributed by atoms with Crippen molar-refractivity contribution >= 4 is 29.2 Å². The number of hydrogen-bond acceptors (Lipinski definition) is 2. The van der Waals surface area contributed by atoms with Gasteiger partial charge >= 0.3 is 0 Å². The lowest BCUT2D eigenvalue weighted by Crippen LogP contribution is -2.49. The van der Waals surface area contributed by atoms with Crippen LogP contribution in [0.25, 0.3) is 0 Å². The van der Waals surface area contributed by atoms with Crippen LogP contribution in [0.15, 0.2) is 23.2 Å². The van der Waals surface area contributed by atoms with Crippen molar-refractivity contribution in [1.82, 2.24) is 10.2 Å². The Morgan fingerprint density at radius 3 is 2.62 bits per heavy atom. The van der Waals surface area contributed by atoms with Gasteiger partial charge in [0.25, 0.3) is 0 Å². The number of hydrogen-bond donors (Lipinski definition) is 2. The number of likely N-dealkylation sites (tertiary alicyclic amines) is 1. The third-order valence-corrected chi connectivity index (χ3v) is 5.67. The van der Waals surface area contributed by atoms with Crippen LogP contribution in [0.4, 0.5) is 0 Å². The second-order valence-corrected chi connectivity index (χ2v) is 7.77. The summed E-state index contributed by atoms with van der Waals surface area (Å²) in [6.07, 6.45) is 6.31. The predicted molar refractivity (Wildman–Crippen MR) is 102 cm³/mol. The van der Waals surface area contributed by atoms with Crippen LogP contribution in [0, 0.1) is 0 Å². The first kappa shape index (κ1) is 17.8. The molecule has 2 aliphatic rings. The van der Waals surface area contributed by atoms with Gasteiger partial charge in [0, 0.05) is 16.1 Å². The summed E-state index contributed by atoms with van der Waals surface area (Å²) in [5.74, 6) is 0.496. The van der Waals surface area contributed by atoms with E-state index in [4.69, 9.17) is 28.9 Å². The van der Waals surface area contributed by atoms with Crippen LogP contribution < -0.4 is 11.1 Å². The number of nitrogens with zero attached hydrogens (tertiary/aromatic N) is 2. The lowest BCUT2D eigenvalue weighted by Gasteiger charge is -2.43. The van der Waals surface area contributed by atoms with Crippen LogP contribution in [0.1, 0.15) is 50.6 Å². The standard InChI is InChI=1S/C18H26Cl2N4/c1-12(16-6-5-13(19)9-17(16)20)22-18(21)23-14-10-15(11-14)24-7-3-2-4-8-24/h5-6,9,12,14-15H,2-4,7-8,10-11H2,1H3,(H3,21,22,23). The molecule has 0 aromatic heterocycles. The molecule has 1 unspecified atom stereocenters. The number of rotatable bonds is 4. The highest BCUT2D eigenvalue weighted by Crippen LogP contribution is 2.30. The monoisotopic (exact) mass is 368 g/mol. The van der Waals surface area contributed by atoms with Crippen molar-refractivity contribution in [3.63, 3.8) is 0 Å². The van der Waals surface area contributed by atoms with Crippen molar-refractivity contribution in [3.8, 4) is 0 Å². The van der Waals surface area contributed by atoms with Crippen molar-refractivity contribution in [2.75, 3.05) is 13.1 Å². The minimum Gasteiger partial charge on any atom is -0.370 e. The zero-order valence-electron chi connectivity index (χ0n) is 14.1. The first-order chi connectivity index (χ1) is 11.5. The molecule has 0 bridgehead atoms. The van der Waals surface area contributed by atoms with E-state index in [0.29, 0.717) is 28.1 Å². The molecule has 1 aromatic rings. The topological polar surface area (TPSA) is 53.6 Å². The summed E-state index contributed by atoms with van der Waals surface area (Å²) in [7, 11) is 0. The number of guanidine groups is 1. The Balaban J connectivity index is 1.50. The minimum absolute atomic E-state index is 0.00325. The zero-order chi connectivity index (χ0) is 17.1. The zero-order valence-corrected chi connectivity index (χ0v) is 15.7. The van der Waals surface area contributed by atoms with E-state index in [-0.39, 0.29) is 6.04 Å². The van der Waals surface area contributed by atoms with E-state index >= 15 is 0 Å². The average Bonchev–Trinajstić information content (AvgIpc) is 2.51. The lowest BCUT2D eigenvalue weighted by atomic mass is 9.85. The molecule has 132 valence electrons. The largest absolute Gasteiger partial charge is 0.370 e. The molecule has 3 N–H and O–H groups in total. The molecule has 24 heavy (non-hydrogen) atoms. The molecule has 1 heterocycles. The van der Waals surface area contributed by atoms with Crippen molar-refractivity contribution in [1.29, 1.82) is 0 Å². The van der Waals surface area contributed by atoms with Gasteiger partial charge in [0.05, 0.1) is 12.1 Å². The lowest BCUT2D eigenvalue weighted by molar-refractivity contribution is 0.0911. The number of nitrogens with one attached hydrogen (secondary N) is 1. The van der Waals surface area contributed by atoms with E-state index in [0.717, 1.165) is 18.4 Å². The maximum atomic E-state index is 6.25. The molecular weight excluding hydrogens is 343 g/mol. The second-order valence-electron chi connectivity index (χ2n) is 6.92. The second kappa shape index (κ2) is 7.94. The highest BCUT2D eigenvalue weighted by molar-refractivity contribution is 6.35. The molecule has 4 nitrogen and oxygen atoms in total. The van der Waals surface area contributed by atoms with Gasteiger partial charge in [-0.2, -0.15) is 0 Å². The van der Waals surface area contributed by atoms with Gasteiger partial charge in [-0.1, -0.05) is 35.7 Å². The van der Waals surface area contributed by atoms with Crippen LogP contribution in [-0.4, -0.2) is 36.0 Å². The number of nitrogens with two attached hydrogens (primary N) is 1. The molecule has 3 rings (SSSR count). The molecule has 0 amide bonds. The third kappa shape index (κ3) is 4.35. The Labute approximate surface area is 154 Å². The van der Waals surface area contributed by atoms with Gasteiger partial charge in [-0.3, -0.25) is 0 Å². The Morgan fingerprint density at radius 1 is 1.25 bits per heavy atom. The molecule has 1 saturated carbocycles. The molecule has 2 fully saturated rings. The van der Waals surface area contributed by atoms with Gasteiger partial charge < -0.3 is 16.0 Å². The van der Waals surface area contributed by atoms with Gasteiger partial charge in [0.1, 0.15) is 0 Å². The number of halogens is 2. The van der Waals surface area contributed by atoms with E-state index in [9.17, 15) is 0 Å². The number of aliphatic imine (C=N–C) groups is 1. The predicted octanol–water partition coefficient (Wildman–Crippen LogP) is 3.98. The van der Waals surface area contributed by atoms with Gasteiger partial charge in [0.15, 0.2) is 5.96 Å². The highest BCUT2D eigenvalue weighted by Gasteiger charge is 2.34. The summed E-state index contributed by atoms with van der Waals surface area (Å²) in [6, 6.07) is 6.55. The number of piperidine rings is 1. The fourth-order valence-corrected chi connectivity index (χ4v) is 4.20. The molecule has 1 atom stereocenters. The molecule has 1 saturated heterocycles. The van der Waals surface area contributed by atoms with E-state index in [1.54, 1.807) is 6.07 Å². The van der Waals surface area contributed by atoms with Crippen molar-refractivity contribution in [2.24, 2.45) is 10.7 Å². The fraction of sp³-hybridized carbons (Fsp3) is 0.611. The summed E-state index contributed by atoms with van der Waals surface area (Å²) in [5, 5.41) is 4.51. The maximum absolute atomic E-state index is 6.25. The Bertz CT molecular complexity index is 593. The molecule has 1 aromatic carbocycles. The summed E-state index contributed by atoms with van der Waals surface area (Å²) in [6.45, 7) is 4.52. The van der Waals surface area contributed by atoms with E-state index in [1.165, 1.54) is 32.4 Å². The maximum Gasteiger partial charge on any atom is 0.189 e. The highest BCUT2D eigenvalue weighted by atomic mass is 35.5. The molecule has 1 aliphatic heterocycles. The van der Waals surface area contributed by atoms with Gasteiger partial charge in [-0.25, -0.2) is 4.99 Å². The summed E-state index contributed by atoms with van der Waals surface area (Å²) in [5.41, 5.74) is 7.05. The number of benzene rings is 1. The molecule has 0 radical (unpaired) electrons. The van der Waals surface area contributed by atoms with Crippen LogP contribution >= 0.6 is 23.2 Å². The van der Waals surface area contributed by atoms with Gasteiger partial charge in [-0.05, 0) is 63.4 Å². The summed E-state index contributed by atoms with van der Waals surface area (Å²) < 4.78 is 0. The van der Waals surface area contributed by atoms with Crippen LogP contribution in [-0.2, 0) is 0 Å². The average molecular weight is 369 g/mol. The molecule has 0 spiro atoms. The Morgan fingerprint density at radius 2 is 1.96 bits per heavy atom. The normalized spacial score (nSPS) is 26.7. The Kier molecular flexibility index (Phi) is 5.90. The van der Waals surface area contributed by atoms with Gasteiger partial charge in [-0.15, -0.1) is 0 Å². The summed E-state index contributed by atoms with van der Waals surface area (Å²) in [4.78, 5) is 7.25. The first-order valence-electron chi connectivity index (χ1n) is 8.81. The van der Waals surface area contributed by atoms with E-state index in [1.807, 2.05) is 19.1 Å². The molecule has 6 heteroatoms. The van der Waals surface area contributed by atoms with Crippen LogP contribution in [0.5, 0.6) is 0 Å². The Hall–Kier alpha value is -0.970. The minimum atomic E-state index is -0.00325. The van der Waals surface area contributed by atoms with Crippen molar-refractivity contribution in [2.45, 2.75) is 57.2 Å².